The van der Waals surface area contributed by atoms with Crippen LogP contribution in [0.4, 0.5) is 11.4 Å². The van der Waals surface area contributed by atoms with Crippen LogP contribution < -0.4 is 5.32 Å². The van der Waals surface area contributed by atoms with Gasteiger partial charge in [-0.1, -0.05) is 11.6 Å². The number of aromatic nitrogens is 1. The van der Waals surface area contributed by atoms with E-state index in [1.165, 1.54) is 0 Å². The van der Waals surface area contributed by atoms with Gasteiger partial charge in [-0.15, -0.1) is 0 Å². The van der Waals surface area contributed by atoms with Crippen LogP contribution >= 0.6 is 11.6 Å². The Hall–Kier alpha value is -1.74. The minimum atomic E-state index is 0.260. The van der Waals surface area contributed by atoms with Crippen molar-refractivity contribution in [1.82, 2.24) is 4.98 Å². The lowest BCUT2D eigenvalue weighted by Gasteiger charge is -2.09. The van der Waals surface area contributed by atoms with Crippen LogP contribution in [-0.2, 0) is 0 Å². The van der Waals surface area contributed by atoms with Gasteiger partial charge in [0.25, 0.3) is 0 Å². The number of pyridine rings is 1. The zero-order valence-electron chi connectivity index (χ0n) is 8.74. The van der Waals surface area contributed by atoms with Crippen LogP contribution in [0.2, 0.25) is 5.15 Å². The van der Waals surface area contributed by atoms with Gasteiger partial charge in [0.05, 0.1) is 0 Å². The molecule has 0 bridgehead atoms. The molecule has 3 nitrogen and oxygen atoms in total. The number of phenolic OH excluding ortho intramolecular Hbond substituents is 1. The molecule has 2 aromatic rings. The maximum atomic E-state index is 9.29. The Morgan fingerprint density at radius 2 is 2.06 bits per heavy atom. The van der Waals surface area contributed by atoms with Gasteiger partial charge in [0, 0.05) is 17.6 Å². The largest absolute Gasteiger partial charge is 0.508 e. The molecule has 82 valence electrons. The van der Waals surface area contributed by atoms with Crippen molar-refractivity contribution in [2.24, 2.45) is 0 Å². The molecule has 0 fully saturated rings. The Balaban J connectivity index is 2.27. The van der Waals surface area contributed by atoms with E-state index >= 15 is 0 Å². The van der Waals surface area contributed by atoms with E-state index in [0.29, 0.717) is 5.15 Å². The van der Waals surface area contributed by atoms with Gasteiger partial charge >= 0.3 is 0 Å². The lowest BCUT2D eigenvalue weighted by molar-refractivity contribution is 0.475. The molecule has 2 rings (SSSR count). The predicted octanol–water partition coefficient (Wildman–Crippen LogP) is 3.49. The summed E-state index contributed by atoms with van der Waals surface area (Å²) in [6, 6.07) is 8.73. The highest BCUT2D eigenvalue weighted by Gasteiger charge is 2.00. The lowest BCUT2D eigenvalue weighted by atomic mass is 10.2. The summed E-state index contributed by atoms with van der Waals surface area (Å²) in [7, 11) is 0. The van der Waals surface area contributed by atoms with Crippen molar-refractivity contribution in [3.8, 4) is 5.75 Å². The number of hydrogen-bond acceptors (Lipinski definition) is 3. The van der Waals surface area contributed by atoms with E-state index in [1.807, 2.05) is 19.1 Å². The van der Waals surface area contributed by atoms with Crippen LogP contribution in [0.3, 0.4) is 0 Å². The van der Waals surface area contributed by atoms with Crippen LogP contribution in [0.1, 0.15) is 5.56 Å². The normalized spacial score (nSPS) is 10.1. The number of benzene rings is 1. The van der Waals surface area contributed by atoms with Crippen LogP contribution in [0, 0.1) is 6.92 Å². The molecule has 1 heterocycles. The fraction of sp³-hybridized carbons (Fsp3) is 0.0833. The van der Waals surface area contributed by atoms with Crippen molar-refractivity contribution >= 4 is 23.0 Å². The number of hydrogen-bond donors (Lipinski definition) is 2. The summed E-state index contributed by atoms with van der Waals surface area (Å²) in [6.45, 7) is 1.92. The number of aromatic hydroxyl groups is 1. The van der Waals surface area contributed by atoms with E-state index < -0.39 is 0 Å². The molecular formula is C12H11ClN2O. The highest BCUT2D eigenvalue weighted by molar-refractivity contribution is 6.29. The zero-order valence-corrected chi connectivity index (χ0v) is 9.49. The van der Waals surface area contributed by atoms with Crippen LogP contribution in [0.5, 0.6) is 5.75 Å². The maximum absolute atomic E-state index is 9.29. The van der Waals surface area contributed by atoms with E-state index in [-0.39, 0.29) is 5.75 Å². The van der Waals surface area contributed by atoms with Gasteiger partial charge in [0.1, 0.15) is 10.9 Å². The van der Waals surface area contributed by atoms with E-state index in [9.17, 15) is 5.11 Å². The number of anilines is 2. The molecule has 0 spiro atoms. The fourth-order valence-electron chi connectivity index (χ4n) is 1.42. The summed E-state index contributed by atoms with van der Waals surface area (Å²) >= 11 is 5.78. The first kappa shape index (κ1) is 10.8. The van der Waals surface area contributed by atoms with Crippen LogP contribution in [-0.4, -0.2) is 10.1 Å². The summed E-state index contributed by atoms with van der Waals surface area (Å²) in [4.78, 5) is 3.90. The molecule has 4 heteroatoms. The predicted molar refractivity (Wildman–Crippen MR) is 65.4 cm³/mol. The summed E-state index contributed by atoms with van der Waals surface area (Å²) in [5, 5.41) is 12.9. The molecule has 0 aliphatic rings. The second kappa shape index (κ2) is 4.41. The van der Waals surface area contributed by atoms with Crippen molar-refractivity contribution in [1.29, 1.82) is 0 Å². The third-order valence-electron chi connectivity index (χ3n) is 2.22. The van der Waals surface area contributed by atoms with Gasteiger partial charge < -0.3 is 10.4 Å². The number of halogens is 1. The molecule has 0 unspecified atom stereocenters. The molecule has 16 heavy (non-hydrogen) atoms. The average Bonchev–Trinajstić information content (AvgIpc) is 2.22. The molecule has 1 aromatic heterocycles. The summed E-state index contributed by atoms with van der Waals surface area (Å²) in [6.07, 6.45) is 1.64. The molecule has 1 aromatic carbocycles. The van der Waals surface area contributed by atoms with E-state index in [1.54, 1.807) is 24.4 Å². The Labute approximate surface area is 98.7 Å². The van der Waals surface area contributed by atoms with E-state index in [0.717, 1.165) is 16.9 Å². The monoisotopic (exact) mass is 234 g/mol. The lowest BCUT2D eigenvalue weighted by Crippen LogP contribution is -1.93. The SMILES string of the molecule is Cc1cc(O)ccc1Nc1ccnc(Cl)c1. The van der Waals surface area contributed by atoms with Crippen molar-refractivity contribution in [2.75, 3.05) is 5.32 Å². The van der Waals surface area contributed by atoms with E-state index in [2.05, 4.69) is 10.3 Å². The maximum Gasteiger partial charge on any atom is 0.131 e. The average molecular weight is 235 g/mol. The Kier molecular flexibility index (Phi) is 2.97. The molecule has 0 atom stereocenters. The Bertz CT molecular complexity index is 514. The Morgan fingerprint density at radius 3 is 2.75 bits per heavy atom. The van der Waals surface area contributed by atoms with Crippen LogP contribution in [0.15, 0.2) is 36.5 Å². The quantitative estimate of drug-likeness (QED) is 0.618. The fourth-order valence-corrected chi connectivity index (χ4v) is 1.60. The number of rotatable bonds is 2. The van der Waals surface area contributed by atoms with Gasteiger partial charge in [-0.2, -0.15) is 0 Å². The van der Waals surface area contributed by atoms with E-state index in [4.69, 9.17) is 11.6 Å². The van der Waals surface area contributed by atoms with Crippen LogP contribution in [0.25, 0.3) is 0 Å². The van der Waals surface area contributed by atoms with Gasteiger partial charge in [0.15, 0.2) is 0 Å². The molecule has 2 N–H and O–H groups in total. The minimum Gasteiger partial charge on any atom is -0.508 e. The summed E-state index contributed by atoms with van der Waals surface area (Å²) in [5.74, 6) is 0.260. The third-order valence-corrected chi connectivity index (χ3v) is 2.42. The molecule has 0 radical (unpaired) electrons. The van der Waals surface area contributed by atoms with Crippen molar-refractivity contribution < 1.29 is 5.11 Å². The number of nitrogens with zero attached hydrogens (tertiary/aromatic N) is 1. The number of nitrogens with one attached hydrogen (secondary N) is 1. The first-order valence-corrected chi connectivity index (χ1v) is 5.21. The second-order valence-electron chi connectivity index (χ2n) is 3.49. The Morgan fingerprint density at radius 1 is 1.25 bits per heavy atom. The molecule has 0 aliphatic carbocycles. The zero-order chi connectivity index (χ0) is 11.5. The molecule has 0 aliphatic heterocycles. The molecule has 0 saturated heterocycles. The standard InChI is InChI=1S/C12H11ClN2O/c1-8-6-10(16)2-3-11(8)15-9-4-5-14-12(13)7-9/h2-7,16H,1H3,(H,14,15). The second-order valence-corrected chi connectivity index (χ2v) is 3.88. The number of aryl methyl sites for hydroxylation is 1. The topological polar surface area (TPSA) is 45.1 Å². The highest BCUT2D eigenvalue weighted by Crippen LogP contribution is 2.24. The van der Waals surface area contributed by atoms with Crippen molar-refractivity contribution in [2.45, 2.75) is 6.92 Å². The van der Waals surface area contributed by atoms with Crippen molar-refractivity contribution in [3.63, 3.8) is 0 Å². The van der Waals surface area contributed by atoms with Gasteiger partial charge in [-0.05, 0) is 42.8 Å². The first-order chi connectivity index (χ1) is 7.65. The summed E-state index contributed by atoms with van der Waals surface area (Å²) < 4.78 is 0. The van der Waals surface area contributed by atoms with Gasteiger partial charge in [-0.25, -0.2) is 4.98 Å². The first-order valence-electron chi connectivity index (χ1n) is 4.83. The minimum absolute atomic E-state index is 0.260. The third kappa shape index (κ3) is 2.44. The highest BCUT2D eigenvalue weighted by atomic mass is 35.5. The van der Waals surface area contributed by atoms with Crippen molar-refractivity contribution in [3.05, 3.63) is 47.2 Å². The number of phenols is 1. The van der Waals surface area contributed by atoms with Gasteiger partial charge in [-0.3, -0.25) is 0 Å². The molecular weight excluding hydrogens is 224 g/mol. The molecule has 0 amide bonds. The smallest absolute Gasteiger partial charge is 0.131 e. The molecule has 0 saturated carbocycles. The van der Waals surface area contributed by atoms with Gasteiger partial charge in [0.2, 0.25) is 0 Å². The summed E-state index contributed by atoms with van der Waals surface area (Å²) in [5.41, 5.74) is 2.77.